The summed E-state index contributed by atoms with van der Waals surface area (Å²) < 4.78 is 0. The number of anilines is 1. The molecule has 1 fully saturated rings. The molecular formula is C14H21N5. The molecule has 0 saturated carbocycles. The molecule has 102 valence electrons. The molecular weight excluding hydrogens is 238 g/mol. The zero-order valence-corrected chi connectivity index (χ0v) is 11.6. The highest BCUT2D eigenvalue weighted by atomic mass is 15.3. The van der Waals surface area contributed by atoms with Gasteiger partial charge in [0, 0.05) is 44.3 Å². The third-order valence-electron chi connectivity index (χ3n) is 3.64. The van der Waals surface area contributed by atoms with E-state index in [4.69, 9.17) is 0 Å². The molecule has 0 amide bonds. The predicted octanol–water partition coefficient (Wildman–Crippen LogP) is 1.74. The van der Waals surface area contributed by atoms with Crippen LogP contribution < -0.4 is 4.90 Å². The summed E-state index contributed by atoms with van der Waals surface area (Å²) in [6, 6.07) is 2.00. The van der Waals surface area contributed by atoms with Crippen LogP contribution in [-0.2, 0) is 0 Å². The fourth-order valence-electron chi connectivity index (χ4n) is 2.75. The van der Waals surface area contributed by atoms with E-state index in [1.54, 1.807) is 0 Å². The van der Waals surface area contributed by atoms with Gasteiger partial charge in [0.25, 0.3) is 0 Å². The fraction of sp³-hybridized carbons (Fsp3) is 0.571. The number of rotatable bonds is 3. The zero-order valence-electron chi connectivity index (χ0n) is 11.6. The van der Waals surface area contributed by atoms with Crippen LogP contribution in [0.2, 0.25) is 0 Å². The minimum absolute atomic E-state index is 0.737. The predicted molar refractivity (Wildman–Crippen MR) is 77.4 cm³/mol. The van der Waals surface area contributed by atoms with Crippen molar-refractivity contribution in [2.24, 2.45) is 5.92 Å². The summed E-state index contributed by atoms with van der Waals surface area (Å²) in [5, 5.41) is 8.30. The van der Waals surface area contributed by atoms with Crippen molar-refractivity contribution in [2.75, 3.05) is 37.6 Å². The van der Waals surface area contributed by atoms with E-state index in [1.807, 2.05) is 18.5 Å². The van der Waals surface area contributed by atoms with Crippen LogP contribution in [0.25, 0.3) is 10.9 Å². The van der Waals surface area contributed by atoms with Crippen LogP contribution in [0.1, 0.15) is 13.8 Å². The Balaban J connectivity index is 1.73. The third kappa shape index (κ3) is 2.56. The molecule has 0 atom stereocenters. The summed E-state index contributed by atoms with van der Waals surface area (Å²) in [7, 11) is 0. The number of aromatic nitrogens is 3. The van der Waals surface area contributed by atoms with E-state index in [1.165, 1.54) is 6.54 Å². The quantitative estimate of drug-likeness (QED) is 0.912. The van der Waals surface area contributed by atoms with Gasteiger partial charge in [-0.25, -0.2) is 4.98 Å². The standard InChI is InChI=1S/C14H21N5/c1-11(2)10-18-5-7-19(8-6-18)14-13-12(3-4-15-14)9-16-17-13/h3-4,9,11H,5-8,10H2,1-2H3,(H,16,17). The van der Waals surface area contributed by atoms with E-state index < -0.39 is 0 Å². The largest absolute Gasteiger partial charge is 0.352 e. The summed E-state index contributed by atoms with van der Waals surface area (Å²) >= 11 is 0. The van der Waals surface area contributed by atoms with Gasteiger partial charge in [-0.2, -0.15) is 5.10 Å². The fourth-order valence-corrected chi connectivity index (χ4v) is 2.75. The first kappa shape index (κ1) is 12.4. The van der Waals surface area contributed by atoms with E-state index in [9.17, 15) is 0 Å². The van der Waals surface area contributed by atoms with E-state index in [2.05, 4.69) is 38.8 Å². The Kier molecular flexibility index (Phi) is 3.38. The molecule has 1 aliphatic rings. The topological polar surface area (TPSA) is 48.1 Å². The minimum Gasteiger partial charge on any atom is -0.352 e. The molecule has 0 bridgehead atoms. The maximum Gasteiger partial charge on any atom is 0.154 e. The third-order valence-corrected chi connectivity index (χ3v) is 3.64. The van der Waals surface area contributed by atoms with Gasteiger partial charge < -0.3 is 4.90 Å². The van der Waals surface area contributed by atoms with Crippen LogP contribution in [0, 0.1) is 5.92 Å². The van der Waals surface area contributed by atoms with Crippen LogP contribution in [0.4, 0.5) is 5.82 Å². The molecule has 19 heavy (non-hydrogen) atoms. The van der Waals surface area contributed by atoms with Gasteiger partial charge in [-0.15, -0.1) is 0 Å². The van der Waals surface area contributed by atoms with Crippen molar-refractivity contribution in [3.05, 3.63) is 18.5 Å². The molecule has 0 radical (unpaired) electrons. The minimum atomic E-state index is 0.737. The van der Waals surface area contributed by atoms with Gasteiger partial charge in [-0.1, -0.05) is 13.8 Å². The summed E-state index contributed by atoms with van der Waals surface area (Å²) in [5.41, 5.74) is 1.06. The van der Waals surface area contributed by atoms with Gasteiger partial charge >= 0.3 is 0 Å². The summed E-state index contributed by atoms with van der Waals surface area (Å²) in [4.78, 5) is 9.42. The summed E-state index contributed by atoms with van der Waals surface area (Å²) in [6.45, 7) is 10.1. The van der Waals surface area contributed by atoms with Gasteiger partial charge in [0.05, 0.1) is 6.20 Å². The number of nitrogens with zero attached hydrogens (tertiary/aromatic N) is 4. The molecule has 3 rings (SSSR count). The van der Waals surface area contributed by atoms with Gasteiger partial charge in [0.2, 0.25) is 0 Å². The zero-order chi connectivity index (χ0) is 13.2. The van der Waals surface area contributed by atoms with Crippen molar-refractivity contribution in [3.8, 4) is 0 Å². The van der Waals surface area contributed by atoms with Crippen LogP contribution >= 0.6 is 0 Å². The maximum atomic E-state index is 4.52. The lowest BCUT2D eigenvalue weighted by Gasteiger charge is -2.36. The Morgan fingerprint density at radius 3 is 2.79 bits per heavy atom. The second kappa shape index (κ2) is 5.17. The SMILES string of the molecule is CC(C)CN1CCN(c2nccc3cn[nH]c23)CC1. The first-order chi connectivity index (χ1) is 9.24. The second-order valence-corrected chi connectivity index (χ2v) is 5.65. The number of aromatic amines is 1. The lowest BCUT2D eigenvalue weighted by atomic mass is 10.2. The Morgan fingerprint density at radius 2 is 2.05 bits per heavy atom. The lowest BCUT2D eigenvalue weighted by Crippen LogP contribution is -2.47. The second-order valence-electron chi connectivity index (χ2n) is 5.65. The number of pyridine rings is 1. The van der Waals surface area contributed by atoms with Crippen molar-refractivity contribution >= 4 is 16.7 Å². The molecule has 2 aromatic heterocycles. The van der Waals surface area contributed by atoms with Gasteiger partial charge in [-0.05, 0) is 12.0 Å². The molecule has 1 N–H and O–H groups in total. The monoisotopic (exact) mass is 259 g/mol. The highest BCUT2D eigenvalue weighted by Gasteiger charge is 2.20. The Hall–Kier alpha value is -1.62. The van der Waals surface area contributed by atoms with E-state index in [-0.39, 0.29) is 0 Å². The molecule has 5 nitrogen and oxygen atoms in total. The molecule has 2 aromatic rings. The van der Waals surface area contributed by atoms with E-state index >= 15 is 0 Å². The highest BCUT2D eigenvalue weighted by molar-refractivity contribution is 5.88. The molecule has 0 aromatic carbocycles. The van der Waals surface area contributed by atoms with E-state index in [0.29, 0.717) is 0 Å². The van der Waals surface area contributed by atoms with Crippen molar-refractivity contribution < 1.29 is 0 Å². The van der Waals surface area contributed by atoms with Crippen LogP contribution in [0.3, 0.4) is 0 Å². The van der Waals surface area contributed by atoms with Crippen molar-refractivity contribution in [1.82, 2.24) is 20.1 Å². The van der Waals surface area contributed by atoms with Gasteiger partial charge in [-0.3, -0.25) is 10.00 Å². The number of fused-ring (bicyclic) bond motifs is 1. The highest BCUT2D eigenvalue weighted by Crippen LogP contribution is 2.22. The molecule has 0 aliphatic carbocycles. The van der Waals surface area contributed by atoms with Crippen LogP contribution in [0.5, 0.6) is 0 Å². The molecule has 5 heteroatoms. The van der Waals surface area contributed by atoms with Crippen LogP contribution in [0.15, 0.2) is 18.5 Å². The van der Waals surface area contributed by atoms with Gasteiger partial charge in [0.1, 0.15) is 5.52 Å². The maximum absolute atomic E-state index is 4.52. The van der Waals surface area contributed by atoms with Crippen LogP contribution in [-0.4, -0.2) is 52.8 Å². The Bertz CT molecular complexity index is 540. The molecule has 1 aliphatic heterocycles. The smallest absolute Gasteiger partial charge is 0.154 e. The normalized spacial score (nSPS) is 17.5. The van der Waals surface area contributed by atoms with Crippen molar-refractivity contribution in [2.45, 2.75) is 13.8 Å². The first-order valence-electron chi connectivity index (χ1n) is 6.99. The lowest BCUT2D eigenvalue weighted by molar-refractivity contribution is 0.231. The average Bonchev–Trinajstić information content (AvgIpc) is 2.87. The molecule has 3 heterocycles. The number of H-pyrrole nitrogens is 1. The number of piperazine rings is 1. The molecule has 1 saturated heterocycles. The molecule has 0 unspecified atom stereocenters. The summed E-state index contributed by atoms with van der Waals surface area (Å²) in [5.74, 6) is 1.78. The van der Waals surface area contributed by atoms with Gasteiger partial charge in [0.15, 0.2) is 5.82 Å². The van der Waals surface area contributed by atoms with Crippen molar-refractivity contribution in [1.29, 1.82) is 0 Å². The molecule has 0 spiro atoms. The van der Waals surface area contributed by atoms with Crippen molar-refractivity contribution in [3.63, 3.8) is 0 Å². The Morgan fingerprint density at radius 1 is 1.26 bits per heavy atom. The number of nitrogens with one attached hydrogen (secondary N) is 1. The van der Waals surface area contributed by atoms with E-state index in [0.717, 1.165) is 48.8 Å². The number of hydrogen-bond acceptors (Lipinski definition) is 4. The Labute approximate surface area is 113 Å². The summed E-state index contributed by atoms with van der Waals surface area (Å²) in [6.07, 6.45) is 3.73. The first-order valence-corrected chi connectivity index (χ1v) is 6.99. The average molecular weight is 259 g/mol. The number of hydrogen-bond donors (Lipinski definition) is 1.